The van der Waals surface area contributed by atoms with E-state index in [2.05, 4.69) is 6.58 Å². The summed E-state index contributed by atoms with van der Waals surface area (Å²) in [6.45, 7) is 3.63. The molecular weight excluding hydrogens is 286 g/mol. The predicted molar refractivity (Wildman–Crippen MR) is 55.7 cm³/mol. The Bertz CT molecular complexity index is 372. The fourth-order valence-corrected chi connectivity index (χ4v) is 0.725. The third-order valence-electron chi connectivity index (χ3n) is 1.39. The Hall–Kier alpha value is 0.913. The van der Waals surface area contributed by atoms with Gasteiger partial charge in [0.15, 0.2) is 0 Å². The van der Waals surface area contributed by atoms with Crippen molar-refractivity contribution < 1.29 is 123 Å². The van der Waals surface area contributed by atoms with Crippen molar-refractivity contribution in [2.75, 3.05) is 0 Å². The molecule has 0 fully saturated rings. The number of carboxylic acid groups (broad SMARTS) is 2. The molecule has 6 heteroatoms. The minimum Gasteiger partial charge on any atom is -0.545 e. The van der Waals surface area contributed by atoms with E-state index in [-0.39, 0.29) is 103 Å². The van der Waals surface area contributed by atoms with E-state index in [1.165, 1.54) is 5.56 Å². The summed E-state index contributed by atoms with van der Waals surface area (Å²) in [4.78, 5) is 18.8. The average Bonchev–Trinajstić information content (AvgIpc) is 2.28. The molecule has 0 aliphatic rings. The second kappa shape index (κ2) is 16.0. The Kier molecular flexibility index (Phi) is 21.3. The summed E-state index contributed by atoms with van der Waals surface area (Å²) in [5.74, 6) is -3.09. The van der Waals surface area contributed by atoms with E-state index in [4.69, 9.17) is 0 Å². The summed E-state index contributed by atoms with van der Waals surface area (Å²) in [7, 11) is 0. The van der Waals surface area contributed by atoms with Gasteiger partial charge in [-0.25, -0.2) is 0 Å². The van der Waals surface area contributed by atoms with Gasteiger partial charge in [0.1, 0.15) is 0 Å². The molecule has 0 saturated carbocycles. The van der Waals surface area contributed by atoms with Crippen LogP contribution in [0.3, 0.4) is 0 Å². The topological polar surface area (TPSA) is 80.3 Å². The standard InChI is InChI=1S/C8H8.C4H4O4.2K/c1-2-8-6-4-3-5-7-8;5-3(6)1-2-4(7)8;;/h2-7H,1H2;1-2H,(H,5,6)(H,7,8);;/q;;2*+1/p-2. The third kappa shape index (κ3) is 16.9. The van der Waals surface area contributed by atoms with Gasteiger partial charge in [-0.3, -0.25) is 0 Å². The Labute approximate surface area is 191 Å². The van der Waals surface area contributed by atoms with Crippen LogP contribution in [0.1, 0.15) is 5.56 Å². The van der Waals surface area contributed by atoms with Gasteiger partial charge in [0.25, 0.3) is 0 Å². The Morgan fingerprint density at radius 2 is 1.33 bits per heavy atom. The van der Waals surface area contributed by atoms with Gasteiger partial charge in [-0.1, -0.05) is 43.0 Å². The number of carbonyl (C=O) groups is 2. The summed E-state index contributed by atoms with van der Waals surface area (Å²) in [6.07, 6.45) is 2.60. The number of carbonyl (C=O) groups excluding carboxylic acids is 2. The molecule has 0 saturated heterocycles. The minimum atomic E-state index is -1.55. The number of rotatable bonds is 3. The van der Waals surface area contributed by atoms with Crippen molar-refractivity contribution in [2.24, 2.45) is 0 Å². The zero-order valence-corrected chi connectivity index (χ0v) is 16.7. The summed E-state index contributed by atoms with van der Waals surface area (Å²) < 4.78 is 0. The molecule has 1 aromatic rings. The molecule has 0 heterocycles. The number of benzene rings is 1. The van der Waals surface area contributed by atoms with Crippen molar-refractivity contribution in [3.63, 3.8) is 0 Å². The second-order valence-corrected chi connectivity index (χ2v) is 2.59. The SMILES string of the molecule is C=Cc1ccccc1.O=C([O-])C=CC(=O)[O-].[K+].[K+]. The molecule has 0 aromatic heterocycles. The zero-order chi connectivity index (χ0) is 12.4. The zero-order valence-electron chi connectivity index (χ0n) is 10.5. The van der Waals surface area contributed by atoms with Crippen LogP contribution in [0.5, 0.6) is 0 Å². The molecule has 0 radical (unpaired) electrons. The Balaban J connectivity index is -0.000000225. The maximum Gasteiger partial charge on any atom is 1.00 e. The van der Waals surface area contributed by atoms with Crippen LogP contribution in [0.15, 0.2) is 49.1 Å². The summed E-state index contributed by atoms with van der Waals surface area (Å²) in [6, 6.07) is 10.0. The van der Waals surface area contributed by atoms with Gasteiger partial charge in [-0.15, -0.1) is 0 Å². The van der Waals surface area contributed by atoms with E-state index in [9.17, 15) is 19.8 Å². The monoisotopic (exact) mass is 296 g/mol. The van der Waals surface area contributed by atoms with E-state index in [1.807, 2.05) is 36.4 Å². The maximum absolute atomic E-state index is 9.41. The van der Waals surface area contributed by atoms with Crippen molar-refractivity contribution in [3.8, 4) is 0 Å². The predicted octanol–water partition coefficient (Wildman–Crippen LogP) is -6.62. The largest absolute Gasteiger partial charge is 1.00 e. The molecular formula is C12H10K2O4. The molecule has 0 unspecified atom stereocenters. The Morgan fingerprint density at radius 1 is 0.944 bits per heavy atom. The van der Waals surface area contributed by atoms with Crippen molar-refractivity contribution >= 4 is 18.0 Å². The molecule has 0 aliphatic carbocycles. The summed E-state index contributed by atoms with van der Waals surface area (Å²) in [5, 5.41) is 18.8. The van der Waals surface area contributed by atoms with Crippen LogP contribution in [0, 0.1) is 0 Å². The van der Waals surface area contributed by atoms with Crippen LogP contribution in [-0.4, -0.2) is 11.9 Å². The van der Waals surface area contributed by atoms with Crippen LogP contribution >= 0.6 is 0 Å². The van der Waals surface area contributed by atoms with Gasteiger partial charge < -0.3 is 19.8 Å². The van der Waals surface area contributed by atoms with Gasteiger partial charge >= 0.3 is 103 Å². The fraction of sp³-hybridized carbons (Fsp3) is 0. The molecule has 1 rings (SSSR count). The smallest absolute Gasteiger partial charge is 0.545 e. The minimum absolute atomic E-state index is 0. The van der Waals surface area contributed by atoms with E-state index >= 15 is 0 Å². The van der Waals surface area contributed by atoms with Crippen LogP contribution in [-0.2, 0) is 9.59 Å². The number of aliphatic carboxylic acids is 2. The molecule has 0 atom stereocenters. The van der Waals surface area contributed by atoms with Crippen LogP contribution in [0.25, 0.3) is 6.08 Å². The van der Waals surface area contributed by atoms with E-state index in [0.29, 0.717) is 12.2 Å². The van der Waals surface area contributed by atoms with Crippen LogP contribution in [0.2, 0.25) is 0 Å². The molecule has 0 aliphatic heterocycles. The fourth-order valence-electron chi connectivity index (χ4n) is 0.725. The first-order valence-electron chi connectivity index (χ1n) is 4.33. The van der Waals surface area contributed by atoms with Gasteiger partial charge in [0.05, 0.1) is 11.9 Å². The first kappa shape index (κ1) is 24.0. The molecule has 1 aromatic carbocycles. The van der Waals surface area contributed by atoms with Gasteiger partial charge in [-0.2, -0.15) is 0 Å². The third-order valence-corrected chi connectivity index (χ3v) is 1.39. The number of hydrogen-bond acceptors (Lipinski definition) is 4. The average molecular weight is 296 g/mol. The van der Waals surface area contributed by atoms with E-state index in [0.717, 1.165) is 0 Å². The van der Waals surface area contributed by atoms with Gasteiger partial charge in [0, 0.05) is 0 Å². The van der Waals surface area contributed by atoms with Crippen LogP contribution < -0.4 is 113 Å². The van der Waals surface area contributed by atoms with Gasteiger partial charge in [0.2, 0.25) is 0 Å². The quantitative estimate of drug-likeness (QED) is 0.410. The number of carboxylic acids is 2. The first-order valence-corrected chi connectivity index (χ1v) is 4.33. The molecule has 0 bridgehead atoms. The molecule has 4 nitrogen and oxygen atoms in total. The maximum atomic E-state index is 9.41. The molecule has 18 heavy (non-hydrogen) atoms. The van der Waals surface area contributed by atoms with Crippen molar-refractivity contribution in [1.82, 2.24) is 0 Å². The van der Waals surface area contributed by atoms with Crippen molar-refractivity contribution in [2.45, 2.75) is 0 Å². The van der Waals surface area contributed by atoms with Crippen molar-refractivity contribution in [3.05, 3.63) is 54.6 Å². The van der Waals surface area contributed by atoms with Gasteiger partial charge in [-0.05, 0) is 17.7 Å². The Morgan fingerprint density at radius 3 is 1.56 bits per heavy atom. The van der Waals surface area contributed by atoms with Crippen molar-refractivity contribution in [1.29, 1.82) is 0 Å². The molecule has 0 spiro atoms. The summed E-state index contributed by atoms with van der Waals surface area (Å²) in [5.41, 5.74) is 1.17. The first-order chi connectivity index (χ1) is 7.56. The normalized spacial score (nSPS) is 8.00. The summed E-state index contributed by atoms with van der Waals surface area (Å²) >= 11 is 0. The second-order valence-electron chi connectivity index (χ2n) is 2.59. The number of hydrogen-bond donors (Lipinski definition) is 0. The molecule has 84 valence electrons. The molecule has 0 N–H and O–H groups in total. The van der Waals surface area contributed by atoms with E-state index < -0.39 is 11.9 Å². The molecule has 0 amide bonds. The van der Waals surface area contributed by atoms with E-state index in [1.54, 1.807) is 0 Å². The van der Waals surface area contributed by atoms with Crippen LogP contribution in [0.4, 0.5) is 0 Å².